The minimum atomic E-state index is -4.32. The predicted octanol–water partition coefficient (Wildman–Crippen LogP) is 1.39. The zero-order valence-electron chi connectivity index (χ0n) is 9.54. The fourth-order valence-electron chi connectivity index (χ4n) is 1.91. The Balaban J connectivity index is 2.80. The van der Waals surface area contributed by atoms with Crippen LogP contribution in [0.1, 0.15) is 33.1 Å². The Morgan fingerprint density at radius 1 is 1.38 bits per heavy atom. The van der Waals surface area contributed by atoms with Gasteiger partial charge < -0.3 is 19.6 Å². The van der Waals surface area contributed by atoms with Gasteiger partial charge in [0.25, 0.3) is 0 Å². The molecule has 0 radical (unpaired) electrons. The van der Waals surface area contributed by atoms with Crippen molar-refractivity contribution >= 4 is 7.60 Å². The van der Waals surface area contributed by atoms with E-state index in [9.17, 15) is 19.5 Å². The van der Waals surface area contributed by atoms with Gasteiger partial charge in [0.2, 0.25) is 0 Å². The highest BCUT2D eigenvalue weighted by Crippen LogP contribution is 2.56. The molecule has 1 aliphatic carbocycles. The van der Waals surface area contributed by atoms with Crippen LogP contribution in [0.2, 0.25) is 0 Å². The number of ether oxygens (including phenoxy) is 1. The third kappa shape index (κ3) is 2.73. The van der Waals surface area contributed by atoms with Crippen LogP contribution < -0.4 is 0 Å². The molecule has 0 fully saturated rings. The van der Waals surface area contributed by atoms with Gasteiger partial charge in [0.15, 0.2) is 5.34 Å². The quantitative estimate of drug-likeness (QED) is 0.507. The average molecular weight is 250 g/mol. The molecule has 3 N–H and O–H groups in total. The highest BCUT2D eigenvalue weighted by molar-refractivity contribution is 7.53. The van der Waals surface area contributed by atoms with E-state index in [2.05, 4.69) is 0 Å². The minimum absolute atomic E-state index is 0.244. The van der Waals surface area contributed by atoms with Crippen molar-refractivity contribution in [3.05, 3.63) is 12.2 Å². The van der Waals surface area contributed by atoms with Gasteiger partial charge in [0.1, 0.15) is 0 Å². The van der Waals surface area contributed by atoms with Crippen LogP contribution in [0, 0.1) is 0 Å². The molecule has 6 heteroatoms. The van der Waals surface area contributed by atoms with E-state index >= 15 is 0 Å². The summed E-state index contributed by atoms with van der Waals surface area (Å²) in [4.78, 5) is 18.7. The normalized spacial score (nSPS) is 26.3. The number of hydrogen-bond acceptors (Lipinski definition) is 3. The molecule has 2 atom stereocenters. The van der Waals surface area contributed by atoms with Crippen LogP contribution in [0.3, 0.4) is 0 Å². The fraction of sp³-hybridized carbons (Fsp3) is 0.800. The molecule has 1 rings (SSSR count). The van der Waals surface area contributed by atoms with Crippen molar-refractivity contribution in [3.8, 4) is 0 Å². The topological polar surface area (TPSA) is 87.0 Å². The Bertz CT molecular complexity index is 304. The van der Waals surface area contributed by atoms with Crippen molar-refractivity contribution < 1.29 is 24.2 Å². The molecule has 0 saturated heterocycles. The Morgan fingerprint density at radius 2 is 1.94 bits per heavy atom. The maximum atomic E-state index is 11.5. The lowest BCUT2D eigenvalue weighted by molar-refractivity contribution is -0.0456. The number of aliphatic hydroxyl groups excluding tert-OH is 1. The van der Waals surface area contributed by atoms with Gasteiger partial charge >= 0.3 is 7.60 Å². The molecule has 0 saturated carbocycles. The molecule has 1 aliphatic rings. The van der Waals surface area contributed by atoms with Crippen molar-refractivity contribution in [3.63, 3.8) is 0 Å². The van der Waals surface area contributed by atoms with Gasteiger partial charge in [0, 0.05) is 6.42 Å². The van der Waals surface area contributed by atoms with Crippen LogP contribution in [-0.2, 0) is 9.30 Å². The molecule has 0 aromatic heterocycles. The maximum Gasteiger partial charge on any atom is 0.357 e. The smallest absolute Gasteiger partial charge is 0.357 e. The number of aliphatic hydroxyl groups is 1. The first-order chi connectivity index (χ1) is 7.34. The van der Waals surface area contributed by atoms with Gasteiger partial charge in [-0.1, -0.05) is 26.0 Å². The average Bonchev–Trinajstić information content (AvgIpc) is 2.58. The summed E-state index contributed by atoms with van der Waals surface area (Å²) in [7, 11) is -4.32. The van der Waals surface area contributed by atoms with Crippen LogP contribution in [0.4, 0.5) is 0 Å². The first kappa shape index (κ1) is 13.9. The fourth-order valence-corrected chi connectivity index (χ4v) is 3.01. The van der Waals surface area contributed by atoms with Crippen LogP contribution in [0.15, 0.2) is 12.2 Å². The first-order valence-corrected chi connectivity index (χ1v) is 7.05. The second-order valence-corrected chi connectivity index (χ2v) is 5.94. The highest BCUT2D eigenvalue weighted by Gasteiger charge is 2.46. The summed E-state index contributed by atoms with van der Waals surface area (Å²) in [6.45, 7) is 3.38. The molecule has 0 aliphatic heterocycles. The molecule has 0 aromatic rings. The van der Waals surface area contributed by atoms with Crippen molar-refractivity contribution in [1.82, 2.24) is 0 Å². The van der Waals surface area contributed by atoms with Gasteiger partial charge in [-0.15, -0.1) is 0 Å². The molecule has 0 bridgehead atoms. The third-order valence-corrected chi connectivity index (χ3v) is 4.83. The summed E-state index contributed by atoms with van der Waals surface area (Å²) in [5, 5.41) is 7.86. The molecule has 94 valence electrons. The molecule has 0 heterocycles. The zero-order valence-corrected chi connectivity index (χ0v) is 10.4. The molecular formula is C10H19O5P. The molecule has 0 amide bonds. The van der Waals surface area contributed by atoms with E-state index in [1.807, 2.05) is 0 Å². The maximum absolute atomic E-state index is 11.5. The molecule has 5 nitrogen and oxygen atoms in total. The summed E-state index contributed by atoms with van der Waals surface area (Å²) in [5.41, 5.74) is 0. The van der Waals surface area contributed by atoms with E-state index in [0.717, 1.165) is 0 Å². The van der Waals surface area contributed by atoms with Gasteiger partial charge in [-0.3, -0.25) is 4.57 Å². The molecule has 16 heavy (non-hydrogen) atoms. The number of hydrogen-bond donors (Lipinski definition) is 3. The minimum Gasteiger partial charge on any atom is -0.389 e. The van der Waals surface area contributed by atoms with Crippen LogP contribution in [-0.4, -0.2) is 32.4 Å². The monoisotopic (exact) mass is 250 g/mol. The SMILES string of the molecule is CCC(CC)(OC1C=CC(O)C1)P(=O)(O)O. The molecule has 0 spiro atoms. The Labute approximate surface area is 95.3 Å². The van der Waals surface area contributed by atoms with Gasteiger partial charge in [0.05, 0.1) is 12.2 Å². The van der Waals surface area contributed by atoms with E-state index in [-0.39, 0.29) is 12.8 Å². The van der Waals surface area contributed by atoms with Gasteiger partial charge in [-0.2, -0.15) is 0 Å². The van der Waals surface area contributed by atoms with Crippen molar-refractivity contribution in [2.45, 2.75) is 50.7 Å². The van der Waals surface area contributed by atoms with E-state index < -0.39 is 25.1 Å². The van der Waals surface area contributed by atoms with E-state index in [4.69, 9.17) is 4.74 Å². The van der Waals surface area contributed by atoms with Crippen molar-refractivity contribution in [1.29, 1.82) is 0 Å². The van der Waals surface area contributed by atoms with Crippen LogP contribution >= 0.6 is 7.60 Å². The van der Waals surface area contributed by atoms with Crippen LogP contribution in [0.5, 0.6) is 0 Å². The Morgan fingerprint density at radius 3 is 2.25 bits per heavy atom. The summed E-state index contributed by atoms with van der Waals surface area (Å²) in [6.07, 6.45) is 3.10. The lowest BCUT2D eigenvalue weighted by Gasteiger charge is -2.34. The second-order valence-electron chi connectivity index (χ2n) is 4.04. The summed E-state index contributed by atoms with van der Waals surface area (Å²) < 4.78 is 17.0. The predicted molar refractivity (Wildman–Crippen MR) is 60.0 cm³/mol. The van der Waals surface area contributed by atoms with Gasteiger partial charge in [-0.05, 0) is 12.8 Å². The summed E-state index contributed by atoms with van der Waals surface area (Å²) in [5.74, 6) is 0. The lowest BCUT2D eigenvalue weighted by Crippen LogP contribution is -2.35. The lowest BCUT2D eigenvalue weighted by atomic mass is 10.2. The van der Waals surface area contributed by atoms with Gasteiger partial charge in [-0.25, -0.2) is 0 Å². The zero-order chi connectivity index (χ0) is 12.4. The van der Waals surface area contributed by atoms with Crippen molar-refractivity contribution in [2.24, 2.45) is 0 Å². The van der Waals surface area contributed by atoms with Crippen LogP contribution in [0.25, 0.3) is 0 Å². The molecule has 0 aromatic carbocycles. The number of rotatable bonds is 5. The molecule has 2 unspecified atom stereocenters. The molecular weight excluding hydrogens is 231 g/mol. The summed E-state index contributed by atoms with van der Waals surface area (Å²) >= 11 is 0. The summed E-state index contributed by atoms with van der Waals surface area (Å²) in [6, 6.07) is 0. The second kappa shape index (κ2) is 4.98. The largest absolute Gasteiger partial charge is 0.389 e. The van der Waals surface area contributed by atoms with E-state index in [0.29, 0.717) is 6.42 Å². The Kier molecular flexibility index (Phi) is 4.32. The Hall–Kier alpha value is -0.190. The third-order valence-electron chi connectivity index (χ3n) is 3.03. The standard InChI is InChI=1S/C10H19O5P/c1-3-10(4-2,16(12,13)14)15-9-6-5-8(11)7-9/h5-6,8-9,11H,3-4,7H2,1-2H3,(H2,12,13,14). The van der Waals surface area contributed by atoms with E-state index in [1.165, 1.54) is 0 Å². The van der Waals surface area contributed by atoms with E-state index in [1.54, 1.807) is 26.0 Å². The highest BCUT2D eigenvalue weighted by atomic mass is 31.2. The first-order valence-electron chi connectivity index (χ1n) is 5.44. The van der Waals surface area contributed by atoms with Crippen molar-refractivity contribution in [2.75, 3.05) is 0 Å².